The van der Waals surface area contributed by atoms with Crippen LogP contribution >= 0.6 is 0 Å². The van der Waals surface area contributed by atoms with Crippen molar-refractivity contribution >= 4 is 28.7 Å². The summed E-state index contributed by atoms with van der Waals surface area (Å²) in [6, 6.07) is 13.3. The molecule has 0 aliphatic rings. The topological polar surface area (TPSA) is 106 Å². The third kappa shape index (κ3) is 3.01. The molecule has 0 unspecified atom stereocenters. The highest BCUT2D eigenvalue weighted by molar-refractivity contribution is 5.97. The van der Waals surface area contributed by atoms with E-state index in [1.807, 2.05) is 11.5 Å². The third-order valence-electron chi connectivity index (χ3n) is 2.77. The first-order chi connectivity index (χ1) is 10.7. The van der Waals surface area contributed by atoms with E-state index in [1.54, 1.807) is 30.3 Å². The van der Waals surface area contributed by atoms with Gasteiger partial charge in [-0.3, -0.25) is 10.1 Å². The molecule has 2 N–H and O–H groups in total. The molecule has 110 valence electrons. The van der Waals surface area contributed by atoms with Gasteiger partial charge in [-0.2, -0.15) is 5.48 Å². The Labute approximate surface area is 124 Å². The van der Waals surface area contributed by atoms with Crippen LogP contribution in [-0.4, -0.2) is 22.3 Å². The van der Waals surface area contributed by atoms with E-state index in [2.05, 4.69) is 25.1 Å². The Morgan fingerprint density at radius 3 is 2.59 bits per heavy atom. The van der Waals surface area contributed by atoms with E-state index in [0.717, 1.165) is 0 Å². The average Bonchev–Trinajstić information content (AvgIpc) is 3.01. The molecule has 2 aromatic carbocycles. The van der Waals surface area contributed by atoms with Gasteiger partial charge in [0.2, 0.25) is 0 Å². The molecule has 0 bridgehead atoms. The van der Waals surface area contributed by atoms with E-state index >= 15 is 0 Å². The zero-order valence-corrected chi connectivity index (χ0v) is 11.1. The van der Waals surface area contributed by atoms with Gasteiger partial charge in [0.15, 0.2) is 0 Å². The summed E-state index contributed by atoms with van der Waals surface area (Å²) in [5.41, 5.74) is 3.82. The minimum Gasteiger partial charge on any atom is -0.321 e. The lowest BCUT2D eigenvalue weighted by Crippen LogP contribution is -2.29. The van der Waals surface area contributed by atoms with Crippen LogP contribution in [0, 0.1) is 0 Å². The molecule has 0 radical (unpaired) electrons. The predicted molar refractivity (Wildman–Crippen MR) is 75.8 cm³/mol. The number of anilines is 1. The zero-order valence-electron chi connectivity index (χ0n) is 11.1. The number of nitrogens with zero attached hydrogens (tertiary/aromatic N) is 2. The Morgan fingerprint density at radius 1 is 1.00 bits per heavy atom. The summed E-state index contributed by atoms with van der Waals surface area (Å²) >= 11 is 0. The predicted octanol–water partition coefficient (Wildman–Crippen LogP) is 2.12. The molecule has 1 heterocycles. The molecule has 3 rings (SSSR count). The minimum atomic E-state index is -0.802. The summed E-state index contributed by atoms with van der Waals surface area (Å²) in [4.78, 5) is 28.1. The smallest absolute Gasteiger partial charge is 0.321 e. The van der Waals surface area contributed by atoms with Crippen LogP contribution < -0.4 is 10.8 Å². The van der Waals surface area contributed by atoms with E-state index in [9.17, 15) is 9.59 Å². The van der Waals surface area contributed by atoms with Crippen molar-refractivity contribution in [2.24, 2.45) is 0 Å². The van der Waals surface area contributed by atoms with Gasteiger partial charge in [0.25, 0.3) is 5.91 Å². The quantitative estimate of drug-likeness (QED) is 0.702. The number of para-hydroxylation sites is 1. The van der Waals surface area contributed by atoms with Crippen molar-refractivity contribution in [2.45, 2.75) is 0 Å². The molecule has 3 aromatic rings. The fourth-order valence-electron chi connectivity index (χ4n) is 1.74. The Bertz CT molecular complexity index is 816. The van der Waals surface area contributed by atoms with Crippen LogP contribution in [0.15, 0.2) is 53.2 Å². The second-order valence-electron chi connectivity index (χ2n) is 4.28. The largest absolute Gasteiger partial charge is 0.436 e. The second kappa shape index (κ2) is 5.92. The number of rotatable bonds is 2. The van der Waals surface area contributed by atoms with E-state index in [0.29, 0.717) is 16.7 Å². The zero-order chi connectivity index (χ0) is 15.4. The summed E-state index contributed by atoms with van der Waals surface area (Å²) in [6.45, 7) is 0. The highest BCUT2D eigenvalue weighted by Gasteiger charge is 2.11. The van der Waals surface area contributed by atoms with Crippen LogP contribution in [0.4, 0.5) is 10.5 Å². The number of hydrogen-bond acceptors (Lipinski definition) is 6. The van der Waals surface area contributed by atoms with Gasteiger partial charge in [-0.25, -0.2) is 9.42 Å². The molecule has 1 aromatic heterocycles. The number of hydrogen-bond donors (Lipinski definition) is 2. The van der Waals surface area contributed by atoms with Crippen LogP contribution in [-0.2, 0) is 4.84 Å². The number of carbonyl (C=O) groups is 2. The first kappa shape index (κ1) is 13.6. The maximum Gasteiger partial charge on any atom is 0.436 e. The van der Waals surface area contributed by atoms with Crippen molar-refractivity contribution in [3.8, 4) is 0 Å². The van der Waals surface area contributed by atoms with E-state index in [1.165, 1.54) is 12.1 Å². The van der Waals surface area contributed by atoms with Crippen molar-refractivity contribution in [3.63, 3.8) is 0 Å². The standard InChI is InChI=1S/C14H10N4O4/c19-13(9-6-7-11-12(8-9)17-22-16-11)18-21-14(20)15-10-4-2-1-3-5-10/h1-8H,(H,15,20)(H,18,19). The van der Waals surface area contributed by atoms with Crippen molar-refractivity contribution in [1.82, 2.24) is 15.8 Å². The monoisotopic (exact) mass is 298 g/mol. The molecule has 0 spiro atoms. The van der Waals surface area contributed by atoms with Crippen LogP contribution in [0.25, 0.3) is 11.0 Å². The van der Waals surface area contributed by atoms with Gasteiger partial charge in [-0.15, -0.1) is 0 Å². The van der Waals surface area contributed by atoms with Crippen molar-refractivity contribution in [3.05, 3.63) is 54.1 Å². The molecule has 0 aliphatic heterocycles. The maximum absolute atomic E-state index is 11.9. The number of fused-ring (bicyclic) bond motifs is 1. The molecule has 0 aliphatic carbocycles. The number of aromatic nitrogens is 2. The van der Waals surface area contributed by atoms with Crippen molar-refractivity contribution in [2.75, 3.05) is 5.32 Å². The average molecular weight is 298 g/mol. The molecular formula is C14H10N4O4. The molecule has 22 heavy (non-hydrogen) atoms. The number of hydroxylamine groups is 1. The number of nitrogens with one attached hydrogen (secondary N) is 2. The van der Waals surface area contributed by atoms with Crippen LogP contribution in [0.1, 0.15) is 10.4 Å². The Morgan fingerprint density at radius 2 is 1.77 bits per heavy atom. The SMILES string of the molecule is O=C(Nc1ccccc1)ONC(=O)c1ccc2nonc2c1. The highest BCUT2D eigenvalue weighted by Crippen LogP contribution is 2.11. The van der Waals surface area contributed by atoms with Gasteiger partial charge in [0, 0.05) is 11.3 Å². The first-order valence-electron chi connectivity index (χ1n) is 6.28. The van der Waals surface area contributed by atoms with Gasteiger partial charge < -0.3 is 4.84 Å². The molecule has 8 nitrogen and oxygen atoms in total. The van der Waals surface area contributed by atoms with Gasteiger partial charge in [-0.1, -0.05) is 18.2 Å². The number of benzene rings is 2. The van der Waals surface area contributed by atoms with Crippen LogP contribution in [0.3, 0.4) is 0 Å². The molecule has 0 fully saturated rings. The maximum atomic E-state index is 11.9. The van der Waals surface area contributed by atoms with Gasteiger partial charge >= 0.3 is 6.09 Å². The minimum absolute atomic E-state index is 0.260. The Balaban J connectivity index is 1.58. The first-order valence-corrected chi connectivity index (χ1v) is 6.28. The summed E-state index contributed by atoms with van der Waals surface area (Å²) in [6.07, 6.45) is -0.802. The Hall–Kier alpha value is -3.42. The van der Waals surface area contributed by atoms with E-state index in [4.69, 9.17) is 0 Å². The summed E-state index contributed by atoms with van der Waals surface area (Å²) in [5.74, 6) is -0.590. The van der Waals surface area contributed by atoms with Gasteiger partial charge in [-0.05, 0) is 40.6 Å². The summed E-state index contributed by atoms with van der Waals surface area (Å²) in [7, 11) is 0. The second-order valence-corrected chi connectivity index (χ2v) is 4.28. The molecule has 0 saturated carbocycles. The van der Waals surface area contributed by atoms with E-state index < -0.39 is 12.0 Å². The Kier molecular flexibility index (Phi) is 3.65. The van der Waals surface area contributed by atoms with Crippen molar-refractivity contribution < 1.29 is 19.1 Å². The third-order valence-corrected chi connectivity index (χ3v) is 2.77. The van der Waals surface area contributed by atoms with Gasteiger partial charge in [0.05, 0.1) is 0 Å². The van der Waals surface area contributed by atoms with Crippen LogP contribution in [0.5, 0.6) is 0 Å². The highest BCUT2D eigenvalue weighted by atomic mass is 16.7. The normalized spacial score (nSPS) is 10.2. The summed E-state index contributed by atoms with van der Waals surface area (Å²) < 4.78 is 4.54. The number of amides is 2. The lowest BCUT2D eigenvalue weighted by Gasteiger charge is -2.07. The van der Waals surface area contributed by atoms with Crippen LogP contribution in [0.2, 0.25) is 0 Å². The molecule has 8 heteroatoms. The molecule has 0 saturated heterocycles. The lowest BCUT2D eigenvalue weighted by molar-refractivity contribution is 0.0615. The summed E-state index contributed by atoms with van der Waals surface area (Å²) in [5, 5.41) is 9.71. The van der Waals surface area contributed by atoms with E-state index in [-0.39, 0.29) is 5.56 Å². The molecule has 2 amide bonds. The lowest BCUT2D eigenvalue weighted by atomic mass is 10.2. The van der Waals surface area contributed by atoms with Crippen molar-refractivity contribution in [1.29, 1.82) is 0 Å². The fraction of sp³-hybridized carbons (Fsp3) is 0. The fourth-order valence-corrected chi connectivity index (χ4v) is 1.74. The molecule has 0 atom stereocenters. The number of carbonyl (C=O) groups excluding carboxylic acids is 2. The molecular weight excluding hydrogens is 288 g/mol. The van der Waals surface area contributed by atoms with Gasteiger partial charge in [0.1, 0.15) is 11.0 Å².